The van der Waals surface area contributed by atoms with Crippen LogP contribution in [0.15, 0.2) is 60.7 Å². The second-order valence-corrected chi connectivity index (χ2v) is 9.61. The minimum Gasteiger partial charge on any atom is -0.481 e. The van der Waals surface area contributed by atoms with E-state index in [0.29, 0.717) is 24.3 Å². The number of hydrogen-bond acceptors (Lipinski definition) is 2. The molecule has 0 aliphatic heterocycles. The Morgan fingerprint density at radius 2 is 1.50 bits per heavy atom. The van der Waals surface area contributed by atoms with E-state index in [1.165, 1.54) is 36.8 Å². The molecule has 1 aliphatic rings. The molecule has 0 unspecified atom stereocenters. The summed E-state index contributed by atoms with van der Waals surface area (Å²) < 4.78 is 0. The lowest BCUT2D eigenvalue weighted by atomic mass is 9.74. The number of aliphatic carboxylic acids is 1. The molecule has 0 heterocycles. The van der Waals surface area contributed by atoms with E-state index in [1.807, 2.05) is 0 Å². The van der Waals surface area contributed by atoms with Crippen molar-refractivity contribution in [1.29, 1.82) is 0 Å². The SMILES string of the molecule is CCCCC[C@@H]1C[C@H](CC(=O)O)CC[C@H]1N(CCc1ccccc1)CCc1ccccc1. The topological polar surface area (TPSA) is 40.5 Å². The van der Waals surface area contributed by atoms with Gasteiger partial charge in [0.15, 0.2) is 0 Å². The van der Waals surface area contributed by atoms with E-state index in [9.17, 15) is 9.90 Å². The summed E-state index contributed by atoms with van der Waals surface area (Å²) in [7, 11) is 0. The molecule has 0 radical (unpaired) electrons. The van der Waals surface area contributed by atoms with Crippen LogP contribution in [-0.4, -0.2) is 35.1 Å². The Morgan fingerprint density at radius 3 is 2.03 bits per heavy atom. The van der Waals surface area contributed by atoms with Crippen molar-refractivity contribution >= 4 is 5.97 Å². The molecule has 3 atom stereocenters. The summed E-state index contributed by atoms with van der Waals surface area (Å²) in [6.45, 7) is 4.42. The standard InChI is InChI=1S/C29H41NO2/c1-2-3-6-15-27-22-26(23-29(31)32)16-17-28(27)30(20-18-24-11-7-4-8-12-24)21-19-25-13-9-5-10-14-25/h4-5,7-14,26-28H,2-3,6,15-23H2,1H3,(H,31,32)/t26-,27-,28-/m1/s1. The molecule has 3 rings (SSSR count). The molecule has 3 nitrogen and oxygen atoms in total. The highest BCUT2D eigenvalue weighted by Gasteiger charge is 2.34. The fourth-order valence-corrected chi connectivity index (χ4v) is 5.50. The van der Waals surface area contributed by atoms with Gasteiger partial charge in [-0.1, -0.05) is 86.8 Å². The van der Waals surface area contributed by atoms with Gasteiger partial charge < -0.3 is 5.11 Å². The molecule has 1 N–H and O–H groups in total. The maximum Gasteiger partial charge on any atom is 0.303 e. The van der Waals surface area contributed by atoms with Crippen LogP contribution in [0.3, 0.4) is 0 Å². The molecule has 1 aliphatic carbocycles. The van der Waals surface area contributed by atoms with Gasteiger partial charge in [0, 0.05) is 25.6 Å². The third-order valence-corrected chi connectivity index (χ3v) is 7.22. The normalized spacial score (nSPS) is 21.0. The smallest absolute Gasteiger partial charge is 0.303 e. The van der Waals surface area contributed by atoms with Crippen molar-refractivity contribution in [3.8, 4) is 0 Å². The minimum atomic E-state index is -0.634. The maximum atomic E-state index is 11.4. The van der Waals surface area contributed by atoms with E-state index < -0.39 is 5.97 Å². The summed E-state index contributed by atoms with van der Waals surface area (Å²) in [6, 6.07) is 22.2. The van der Waals surface area contributed by atoms with Crippen LogP contribution in [0.2, 0.25) is 0 Å². The minimum absolute atomic E-state index is 0.338. The van der Waals surface area contributed by atoms with Crippen molar-refractivity contribution in [3.05, 3.63) is 71.8 Å². The Labute approximate surface area is 194 Å². The van der Waals surface area contributed by atoms with Crippen molar-refractivity contribution in [2.45, 2.75) is 77.2 Å². The molecule has 1 fully saturated rings. The van der Waals surface area contributed by atoms with Crippen molar-refractivity contribution in [2.24, 2.45) is 11.8 Å². The van der Waals surface area contributed by atoms with Crippen LogP contribution in [0.4, 0.5) is 0 Å². The lowest BCUT2D eigenvalue weighted by molar-refractivity contribution is -0.138. The quantitative estimate of drug-likeness (QED) is 0.360. The average molecular weight is 436 g/mol. The molecule has 1 saturated carbocycles. The summed E-state index contributed by atoms with van der Waals surface area (Å²) >= 11 is 0. The van der Waals surface area contributed by atoms with Gasteiger partial charge in [0.1, 0.15) is 0 Å². The van der Waals surface area contributed by atoms with Crippen LogP contribution in [0.25, 0.3) is 0 Å². The van der Waals surface area contributed by atoms with Crippen molar-refractivity contribution in [3.63, 3.8) is 0 Å². The first-order valence-electron chi connectivity index (χ1n) is 12.7. The van der Waals surface area contributed by atoms with Crippen LogP contribution in [0.5, 0.6) is 0 Å². The molecule has 32 heavy (non-hydrogen) atoms. The molecular formula is C29H41NO2. The summed E-state index contributed by atoms with van der Waals surface area (Å²) in [5, 5.41) is 9.35. The molecule has 2 aromatic rings. The molecule has 0 aromatic heterocycles. The predicted octanol–water partition coefficient (Wildman–Crippen LogP) is 6.61. The third kappa shape index (κ3) is 8.09. The zero-order valence-electron chi connectivity index (χ0n) is 19.8. The zero-order valence-corrected chi connectivity index (χ0v) is 19.8. The van der Waals surface area contributed by atoms with E-state index in [-0.39, 0.29) is 0 Å². The number of carbonyl (C=O) groups is 1. The number of nitrogens with zero attached hydrogens (tertiary/aromatic N) is 1. The Bertz CT molecular complexity index is 733. The van der Waals surface area contributed by atoms with Gasteiger partial charge in [0.05, 0.1) is 0 Å². The Balaban J connectivity index is 1.71. The van der Waals surface area contributed by atoms with Gasteiger partial charge in [0.2, 0.25) is 0 Å². The second kappa shape index (κ2) is 13.4. The highest BCUT2D eigenvalue weighted by atomic mass is 16.4. The van der Waals surface area contributed by atoms with Crippen LogP contribution >= 0.6 is 0 Å². The Hall–Kier alpha value is -2.13. The van der Waals surface area contributed by atoms with E-state index in [0.717, 1.165) is 45.2 Å². The van der Waals surface area contributed by atoms with Crippen molar-refractivity contribution < 1.29 is 9.90 Å². The first-order valence-corrected chi connectivity index (χ1v) is 12.7. The van der Waals surface area contributed by atoms with E-state index in [4.69, 9.17) is 0 Å². The van der Waals surface area contributed by atoms with Gasteiger partial charge in [-0.2, -0.15) is 0 Å². The van der Waals surface area contributed by atoms with E-state index in [2.05, 4.69) is 72.5 Å². The zero-order chi connectivity index (χ0) is 22.6. The highest BCUT2D eigenvalue weighted by Crippen LogP contribution is 2.37. The maximum absolute atomic E-state index is 11.4. The first-order chi connectivity index (χ1) is 15.7. The molecule has 0 spiro atoms. The first kappa shape index (κ1) is 24.5. The van der Waals surface area contributed by atoms with E-state index in [1.54, 1.807) is 0 Å². The molecule has 0 saturated heterocycles. The monoisotopic (exact) mass is 435 g/mol. The summed E-state index contributed by atoms with van der Waals surface area (Å²) in [5.41, 5.74) is 2.80. The predicted molar refractivity (Wildman–Crippen MR) is 133 cm³/mol. The summed E-state index contributed by atoms with van der Waals surface area (Å²) in [4.78, 5) is 14.1. The Morgan fingerprint density at radius 1 is 0.906 bits per heavy atom. The number of carboxylic acids is 1. The summed E-state index contributed by atoms with van der Waals surface area (Å²) in [5.74, 6) is 0.331. The van der Waals surface area contributed by atoms with Gasteiger partial charge in [-0.25, -0.2) is 0 Å². The second-order valence-electron chi connectivity index (χ2n) is 9.61. The van der Waals surface area contributed by atoms with Gasteiger partial charge in [0.25, 0.3) is 0 Å². The number of unbranched alkanes of at least 4 members (excludes halogenated alkanes) is 2. The third-order valence-electron chi connectivity index (χ3n) is 7.22. The van der Waals surface area contributed by atoms with Crippen LogP contribution in [-0.2, 0) is 17.6 Å². The van der Waals surface area contributed by atoms with Crippen LogP contribution in [0.1, 0.15) is 69.4 Å². The molecule has 0 amide bonds. The van der Waals surface area contributed by atoms with Gasteiger partial charge in [-0.05, 0) is 61.5 Å². The lowest BCUT2D eigenvalue weighted by Gasteiger charge is -2.43. The summed E-state index contributed by atoms with van der Waals surface area (Å²) in [6.07, 6.45) is 10.8. The largest absolute Gasteiger partial charge is 0.481 e. The van der Waals surface area contributed by atoms with Gasteiger partial charge >= 0.3 is 5.97 Å². The molecule has 3 heteroatoms. The van der Waals surface area contributed by atoms with Gasteiger partial charge in [-0.15, -0.1) is 0 Å². The number of benzene rings is 2. The molecule has 174 valence electrons. The van der Waals surface area contributed by atoms with E-state index >= 15 is 0 Å². The van der Waals surface area contributed by atoms with Crippen molar-refractivity contribution in [2.75, 3.05) is 13.1 Å². The molecule has 2 aromatic carbocycles. The van der Waals surface area contributed by atoms with Gasteiger partial charge in [-0.3, -0.25) is 9.69 Å². The lowest BCUT2D eigenvalue weighted by Crippen LogP contribution is -2.46. The van der Waals surface area contributed by atoms with Crippen LogP contribution < -0.4 is 0 Å². The Kier molecular flexibility index (Phi) is 10.3. The average Bonchev–Trinajstić information content (AvgIpc) is 2.81. The fourth-order valence-electron chi connectivity index (χ4n) is 5.50. The van der Waals surface area contributed by atoms with Crippen molar-refractivity contribution in [1.82, 2.24) is 4.90 Å². The number of carboxylic acid groups (broad SMARTS) is 1. The number of rotatable bonds is 13. The molecule has 0 bridgehead atoms. The molecular weight excluding hydrogens is 394 g/mol. The fraction of sp³-hybridized carbons (Fsp3) is 0.552. The highest BCUT2D eigenvalue weighted by molar-refractivity contribution is 5.67. The van der Waals surface area contributed by atoms with Crippen LogP contribution in [0, 0.1) is 11.8 Å². The number of hydrogen-bond donors (Lipinski definition) is 1.